The zero-order valence-electron chi connectivity index (χ0n) is 17.5. The summed E-state index contributed by atoms with van der Waals surface area (Å²) in [5.74, 6) is -0.667. The number of carbonyl (C=O) groups is 2. The maximum Gasteiger partial charge on any atom is 0.335 e. The van der Waals surface area contributed by atoms with Gasteiger partial charge in [0.05, 0.1) is 16.9 Å². The molecule has 0 bridgehead atoms. The average molecular weight is 486 g/mol. The molecule has 2 aromatic rings. The van der Waals surface area contributed by atoms with Crippen LogP contribution in [-0.2, 0) is 0 Å². The molecule has 2 fully saturated rings. The lowest BCUT2D eigenvalue weighted by atomic mass is 9.96. The Morgan fingerprint density at radius 3 is 2.42 bits per heavy atom. The average Bonchev–Trinajstić information content (AvgIpc) is 3.27. The molecule has 31 heavy (non-hydrogen) atoms. The third-order valence-corrected chi connectivity index (χ3v) is 6.70. The van der Waals surface area contributed by atoms with Gasteiger partial charge in [0.2, 0.25) is 0 Å². The van der Waals surface area contributed by atoms with E-state index in [-0.39, 0.29) is 11.5 Å². The highest BCUT2D eigenvalue weighted by Gasteiger charge is 2.25. The molecular weight excluding hydrogens is 458 g/mol. The van der Waals surface area contributed by atoms with Crippen molar-refractivity contribution in [3.63, 3.8) is 0 Å². The van der Waals surface area contributed by atoms with E-state index in [2.05, 4.69) is 31.0 Å². The Kier molecular flexibility index (Phi) is 6.92. The lowest BCUT2D eigenvalue weighted by Crippen LogP contribution is -2.40. The minimum absolute atomic E-state index is 0.167. The summed E-state index contributed by atoms with van der Waals surface area (Å²) in [7, 11) is 0. The summed E-state index contributed by atoms with van der Waals surface area (Å²) in [6.45, 7) is 5.33. The molecule has 7 heteroatoms. The van der Waals surface area contributed by atoms with Gasteiger partial charge in [0.25, 0.3) is 5.91 Å². The van der Waals surface area contributed by atoms with Crippen LogP contribution in [0.25, 0.3) is 0 Å². The molecule has 2 saturated heterocycles. The van der Waals surface area contributed by atoms with Crippen molar-refractivity contribution in [2.75, 3.05) is 42.9 Å². The van der Waals surface area contributed by atoms with Crippen LogP contribution in [0.2, 0.25) is 0 Å². The number of nitrogens with one attached hydrogen (secondary N) is 1. The molecule has 0 spiro atoms. The second-order valence-corrected chi connectivity index (χ2v) is 9.38. The smallest absolute Gasteiger partial charge is 0.335 e. The van der Waals surface area contributed by atoms with Crippen LogP contribution in [-0.4, -0.2) is 54.6 Å². The van der Waals surface area contributed by atoms with Gasteiger partial charge in [0, 0.05) is 29.7 Å². The Bertz CT molecular complexity index is 942. The van der Waals surface area contributed by atoms with Gasteiger partial charge in [-0.3, -0.25) is 4.79 Å². The SMILES string of the molecule is O=C(O)c1ccc(N2CCCC(CN3CCCC3)C2)c(NC(=O)c2ccc(Br)cc2)c1. The normalized spacial score (nSPS) is 19.4. The maximum absolute atomic E-state index is 12.8. The van der Waals surface area contributed by atoms with E-state index in [0.717, 1.165) is 36.2 Å². The fraction of sp³-hybridized carbons (Fsp3) is 0.417. The fourth-order valence-electron chi connectivity index (χ4n) is 4.60. The lowest BCUT2D eigenvalue weighted by Gasteiger charge is -2.37. The molecule has 0 aromatic heterocycles. The summed E-state index contributed by atoms with van der Waals surface area (Å²) in [6, 6.07) is 12.1. The van der Waals surface area contributed by atoms with Crippen LogP contribution < -0.4 is 10.2 Å². The number of hydrogen-bond donors (Lipinski definition) is 2. The second-order valence-electron chi connectivity index (χ2n) is 8.46. The van der Waals surface area contributed by atoms with Gasteiger partial charge in [-0.1, -0.05) is 15.9 Å². The number of hydrogen-bond acceptors (Lipinski definition) is 4. The number of carboxylic acid groups (broad SMARTS) is 1. The standard InChI is InChI=1S/C24H28BrN3O3/c25-20-8-5-18(6-9-20)23(29)26-21-14-19(24(30)31)7-10-22(21)28-13-3-4-17(16-28)15-27-11-1-2-12-27/h5-10,14,17H,1-4,11-13,15-16H2,(H,26,29)(H,30,31). The Morgan fingerprint density at radius 2 is 1.71 bits per heavy atom. The van der Waals surface area contributed by atoms with Crippen LogP contribution in [0.1, 0.15) is 46.4 Å². The first kappa shape index (κ1) is 21.8. The van der Waals surface area contributed by atoms with Crippen molar-refractivity contribution in [3.05, 3.63) is 58.1 Å². The summed E-state index contributed by atoms with van der Waals surface area (Å²) < 4.78 is 0.898. The van der Waals surface area contributed by atoms with Crippen molar-refractivity contribution in [1.29, 1.82) is 0 Å². The molecule has 2 aromatic carbocycles. The molecule has 6 nitrogen and oxygen atoms in total. The molecule has 1 atom stereocenters. The predicted octanol–water partition coefficient (Wildman–Crippen LogP) is 4.71. The van der Waals surface area contributed by atoms with Gasteiger partial charge in [0.15, 0.2) is 0 Å². The van der Waals surface area contributed by atoms with E-state index in [4.69, 9.17) is 0 Å². The molecule has 4 rings (SSSR count). The zero-order chi connectivity index (χ0) is 21.8. The minimum Gasteiger partial charge on any atom is -0.478 e. The van der Waals surface area contributed by atoms with Crippen LogP contribution in [0, 0.1) is 5.92 Å². The highest BCUT2D eigenvalue weighted by molar-refractivity contribution is 9.10. The van der Waals surface area contributed by atoms with Crippen molar-refractivity contribution >= 4 is 39.2 Å². The lowest BCUT2D eigenvalue weighted by molar-refractivity contribution is 0.0696. The van der Waals surface area contributed by atoms with Crippen molar-refractivity contribution in [2.24, 2.45) is 5.92 Å². The van der Waals surface area contributed by atoms with E-state index >= 15 is 0 Å². The number of benzene rings is 2. The van der Waals surface area contributed by atoms with E-state index < -0.39 is 5.97 Å². The van der Waals surface area contributed by atoms with Crippen LogP contribution in [0.15, 0.2) is 46.9 Å². The first-order valence-corrected chi connectivity index (χ1v) is 11.7. The number of carbonyl (C=O) groups excluding carboxylic acids is 1. The number of likely N-dealkylation sites (tertiary alicyclic amines) is 1. The molecule has 0 saturated carbocycles. The third kappa shape index (κ3) is 5.46. The number of anilines is 2. The van der Waals surface area contributed by atoms with E-state index in [0.29, 0.717) is 17.2 Å². The first-order valence-electron chi connectivity index (χ1n) is 10.9. The summed E-state index contributed by atoms with van der Waals surface area (Å²) in [5.41, 5.74) is 2.14. The number of rotatable bonds is 6. The first-order chi connectivity index (χ1) is 15.0. The third-order valence-electron chi connectivity index (χ3n) is 6.17. The predicted molar refractivity (Wildman–Crippen MR) is 126 cm³/mol. The van der Waals surface area contributed by atoms with Crippen molar-refractivity contribution in [2.45, 2.75) is 25.7 Å². The van der Waals surface area contributed by atoms with Crippen LogP contribution in [0.5, 0.6) is 0 Å². The van der Waals surface area contributed by atoms with Gasteiger partial charge in [-0.2, -0.15) is 0 Å². The van der Waals surface area contributed by atoms with Crippen LogP contribution in [0.3, 0.4) is 0 Å². The molecule has 1 amide bonds. The van der Waals surface area contributed by atoms with Gasteiger partial charge >= 0.3 is 5.97 Å². The number of amides is 1. The molecule has 0 aliphatic carbocycles. The molecule has 164 valence electrons. The summed E-state index contributed by atoms with van der Waals surface area (Å²) in [4.78, 5) is 29.2. The number of piperidine rings is 1. The van der Waals surface area contributed by atoms with Crippen LogP contribution in [0.4, 0.5) is 11.4 Å². The Balaban J connectivity index is 1.55. The summed E-state index contributed by atoms with van der Waals surface area (Å²) >= 11 is 3.38. The maximum atomic E-state index is 12.8. The molecular formula is C24H28BrN3O3. The molecule has 1 unspecified atom stereocenters. The fourth-order valence-corrected chi connectivity index (χ4v) is 4.87. The van der Waals surface area contributed by atoms with E-state index in [9.17, 15) is 14.7 Å². The van der Waals surface area contributed by atoms with E-state index in [1.54, 1.807) is 24.3 Å². The Morgan fingerprint density at radius 1 is 1.00 bits per heavy atom. The number of carboxylic acids is 1. The zero-order valence-corrected chi connectivity index (χ0v) is 19.1. The number of nitrogens with zero attached hydrogens (tertiary/aromatic N) is 2. The van der Waals surface area contributed by atoms with Crippen molar-refractivity contribution in [1.82, 2.24) is 4.90 Å². The van der Waals surface area contributed by atoms with Gasteiger partial charge < -0.3 is 20.2 Å². The van der Waals surface area contributed by atoms with Crippen LogP contribution >= 0.6 is 15.9 Å². The summed E-state index contributed by atoms with van der Waals surface area (Å²) in [5, 5.41) is 12.4. The quantitative estimate of drug-likeness (QED) is 0.619. The van der Waals surface area contributed by atoms with Crippen molar-refractivity contribution < 1.29 is 14.7 Å². The number of halogens is 1. The molecule has 2 aliphatic rings. The summed E-state index contributed by atoms with van der Waals surface area (Å²) in [6.07, 6.45) is 4.89. The van der Waals surface area contributed by atoms with Gasteiger partial charge in [-0.15, -0.1) is 0 Å². The molecule has 0 radical (unpaired) electrons. The second kappa shape index (κ2) is 9.83. The minimum atomic E-state index is -1.00. The molecule has 2 heterocycles. The van der Waals surface area contributed by atoms with Gasteiger partial charge in [-0.25, -0.2) is 4.79 Å². The van der Waals surface area contributed by atoms with E-state index in [1.165, 1.54) is 32.4 Å². The monoisotopic (exact) mass is 485 g/mol. The molecule has 2 N–H and O–H groups in total. The highest BCUT2D eigenvalue weighted by Crippen LogP contribution is 2.32. The van der Waals surface area contributed by atoms with Gasteiger partial charge in [0.1, 0.15) is 0 Å². The van der Waals surface area contributed by atoms with Gasteiger partial charge in [-0.05, 0) is 87.2 Å². The topological polar surface area (TPSA) is 72.9 Å². The largest absolute Gasteiger partial charge is 0.478 e. The Labute approximate surface area is 191 Å². The number of aromatic carboxylic acids is 1. The highest BCUT2D eigenvalue weighted by atomic mass is 79.9. The molecule has 2 aliphatic heterocycles. The Hall–Kier alpha value is -2.38. The van der Waals surface area contributed by atoms with Crippen molar-refractivity contribution in [3.8, 4) is 0 Å². The van der Waals surface area contributed by atoms with E-state index in [1.807, 2.05) is 18.2 Å².